The van der Waals surface area contributed by atoms with Gasteiger partial charge in [-0.15, -0.1) is 0 Å². The first kappa shape index (κ1) is 19.4. The molecule has 1 aromatic rings. The molecule has 5 heterocycles. The molecule has 4 aliphatic heterocycles. The molecule has 0 aliphatic carbocycles. The van der Waals surface area contributed by atoms with Crippen molar-refractivity contribution < 1.29 is 9.59 Å². The third-order valence-electron chi connectivity index (χ3n) is 6.56. The quantitative estimate of drug-likeness (QED) is 0.803. The van der Waals surface area contributed by atoms with Crippen LogP contribution in [0.15, 0.2) is 24.5 Å². The lowest BCUT2D eigenvalue weighted by Gasteiger charge is -2.37. The lowest BCUT2D eigenvalue weighted by Crippen LogP contribution is -2.51. The summed E-state index contributed by atoms with van der Waals surface area (Å²) in [5, 5.41) is 0. The van der Waals surface area contributed by atoms with Crippen LogP contribution in [0.2, 0.25) is 0 Å². The Bertz CT molecular complexity index is 672. The van der Waals surface area contributed by atoms with Crippen LogP contribution in [-0.2, 0) is 4.79 Å². The molecule has 0 unspecified atom stereocenters. The Labute approximate surface area is 167 Å². The van der Waals surface area contributed by atoms with E-state index in [1.165, 1.54) is 32.1 Å². The maximum atomic E-state index is 13.1. The predicted octanol–water partition coefficient (Wildman–Crippen LogP) is 2.41. The summed E-state index contributed by atoms with van der Waals surface area (Å²) in [6.07, 6.45) is 11.8. The van der Waals surface area contributed by atoms with Gasteiger partial charge in [0.25, 0.3) is 5.91 Å². The second kappa shape index (κ2) is 9.03. The zero-order chi connectivity index (χ0) is 19.3. The van der Waals surface area contributed by atoms with Gasteiger partial charge >= 0.3 is 0 Å². The highest BCUT2D eigenvalue weighted by molar-refractivity contribution is 5.94. The number of amides is 2. The second-order valence-electron chi connectivity index (χ2n) is 8.63. The number of likely N-dealkylation sites (tertiary alicyclic amines) is 1. The van der Waals surface area contributed by atoms with Crippen LogP contribution < -0.4 is 0 Å². The van der Waals surface area contributed by atoms with Crippen molar-refractivity contribution in [2.75, 3.05) is 39.3 Å². The molecular formula is C22H32N4O2. The van der Waals surface area contributed by atoms with Gasteiger partial charge in [0.15, 0.2) is 0 Å². The van der Waals surface area contributed by atoms with Crippen molar-refractivity contribution >= 4 is 11.8 Å². The first-order valence-electron chi connectivity index (χ1n) is 10.9. The number of pyridine rings is 1. The lowest BCUT2D eigenvalue weighted by molar-refractivity contribution is -0.136. The van der Waals surface area contributed by atoms with Gasteiger partial charge in [-0.3, -0.25) is 19.5 Å². The molecule has 0 saturated carbocycles. The molecule has 6 heteroatoms. The molecule has 152 valence electrons. The van der Waals surface area contributed by atoms with Crippen LogP contribution in [0.25, 0.3) is 0 Å². The molecule has 5 rings (SSSR count). The van der Waals surface area contributed by atoms with Crippen LogP contribution in [0, 0.1) is 5.92 Å². The van der Waals surface area contributed by atoms with Gasteiger partial charge in [-0.05, 0) is 56.8 Å². The Balaban J connectivity index is 1.40. The van der Waals surface area contributed by atoms with Crippen molar-refractivity contribution in [1.29, 1.82) is 0 Å². The van der Waals surface area contributed by atoms with E-state index in [2.05, 4.69) is 14.8 Å². The third kappa shape index (κ3) is 4.54. The van der Waals surface area contributed by atoms with E-state index in [0.717, 1.165) is 39.0 Å². The zero-order valence-electron chi connectivity index (χ0n) is 16.8. The number of nitrogens with zero attached hydrogens (tertiary/aromatic N) is 4. The summed E-state index contributed by atoms with van der Waals surface area (Å²) in [4.78, 5) is 36.5. The summed E-state index contributed by atoms with van der Waals surface area (Å²) in [5.41, 5.74) is 0.690. The third-order valence-corrected chi connectivity index (χ3v) is 6.56. The molecule has 0 aromatic carbocycles. The Morgan fingerprint density at radius 3 is 2.39 bits per heavy atom. The van der Waals surface area contributed by atoms with Gasteiger partial charge in [0.2, 0.25) is 5.91 Å². The second-order valence-corrected chi connectivity index (χ2v) is 8.63. The number of carbonyl (C=O) groups excluding carboxylic acids is 2. The molecule has 0 radical (unpaired) electrons. The largest absolute Gasteiger partial charge is 0.336 e. The average molecular weight is 385 g/mol. The van der Waals surface area contributed by atoms with E-state index in [0.29, 0.717) is 24.6 Å². The summed E-state index contributed by atoms with van der Waals surface area (Å²) in [5.74, 6) is 0.715. The Morgan fingerprint density at radius 1 is 0.929 bits per heavy atom. The Morgan fingerprint density at radius 2 is 1.64 bits per heavy atom. The minimum absolute atomic E-state index is 0.0670. The van der Waals surface area contributed by atoms with Crippen molar-refractivity contribution in [3.05, 3.63) is 30.1 Å². The minimum Gasteiger partial charge on any atom is -0.336 e. The van der Waals surface area contributed by atoms with Crippen LogP contribution in [0.4, 0.5) is 0 Å². The summed E-state index contributed by atoms with van der Waals surface area (Å²) in [7, 11) is 0. The average Bonchev–Trinajstić information content (AvgIpc) is 3.02. The SMILES string of the molecule is O=C(c1ccncc1)N1C[C@@H]2CC[C@H](C1)N(C(=O)CN1CCCCCCC1)C2. The number of aromatic nitrogens is 1. The number of piperidine rings is 1. The molecule has 4 saturated heterocycles. The number of hydrogen-bond acceptors (Lipinski definition) is 4. The van der Waals surface area contributed by atoms with Crippen LogP contribution >= 0.6 is 0 Å². The van der Waals surface area contributed by atoms with Gasteiger partial charge in [0, 0.05) is 43.6 Å². The highest BCUT2D eigenvalue weighted by Gasteiger charge is 2.38. The number of rotatable bonds is 3. The molecule has 4 fully saturated rings. The van der Waals surface area contributed by atoms with Gasteiger partial charge < -0.3 is 9.80 Å². The topological polar surface area (TPSA) is 56.8 Å². The standard InChI is InChI=1S/C22H32N4O2/c27-21(17-24-12-4-2-1-3-5-13-24)26-15-18-6-7-20(26)16-25(14-18)22(28)19-8-10-23-11-9-19/h8-11,18,20H,1-7,12-17H2/t18-,20+/m0/s1. The highest BCUT2D eigenvalue weighted by atomic mass is 16.2. The summed E-state index contributed by atoms with van der Waals surface area (Å²) in [6.45, 7) is 4.84. The molecule has 0 N–H and O–H groups in total. The van der Waals surface area contributed by atoms with Gasteiger partial charge in [-0.25, -0.2) is 0 Å². The van der Waals surface area contributed by atoms with Gasteiger partial charge in [-0.2, -0.15) is 0 Å². The molecular weight excluding hydrogens is 352 g/mol. The van der Waals surface area contributed by atoms with E-state index >= 15 is 0 Å². The normalized spacial score (nSPS) is 26.4. The van der Waals surface area contributed by atoms with Crippen molar-refractivity contribution in [2.45, 2.75) is 51.0 Å². The summed E-state index contributed by atoms with van der Waals surface area (Å²) < 4.78 is 0. The molecule has 2 atom stereocenters. The monoisotopic (exact) mass is 384 g/mol. The Hall–Kier alpha value is -1.95. The van der Waals surface area contributed by atoms with Gasteiger partial charge in [0.05, 0.1) is 6.54 Å². The maximum absolute atomic E-state index is 13.1. The molecule has 2 bridgehead atoms. The van der Waals surface area contributed by atoms with E-state index < -0.39 is 0 Å². The van der Waals surface area contributed by atoms with Crippen molar-refractivity contribution in [2.24, 2.45) is 5.92 Å². The van der Waals surface area contributed by atoms with E-state index in [4.69, 9.17) is 0 Å². The first-order chi connectivity index (χ1) is 13.7. The smallest absolute Gasteiger partial charge is 0.254 e. The fourth-order valence-corrected chi connectivity index (χ4v) is 4.98. The molecule has 28 heavy (non-hydrogen) atoms. The van der Waals surface area contributed by atoms with E-state index in [-0.39, 0.29) is 17.9 Å². The van der Waals surface area contributed by atoms with Gasteiger partial charge in [-0.1, -0.05) is 19.3 Å². The Kier molecular flexibility index (Phi) is 6.25. The molecule has 4 aliphatic rings. The molecule has 1 aromatic heterocycles. The van der Waals surface area contributed by atoms with Crippen LogP contribution in [-0.4, -0.2) is 76.8 Å². The molecule has 2 amide bonds. The fraction of sp³-hybridized carbons (Fsp3) is 0.682. The van der Waals surface area contributed by atoms with E-state index in [1.807, 2.05) is 4.90 Å². The maximum Gasteiger partial charge on any atom is 0.254 e. The van der Waals surface area contributed by atoms with Gasteiger partial charge in [0.1, 0.15) is 0 Å². The van der Waals surface area contributed by atoms with Crippen LogP contribution in [0.5, 0.6) is 0 Å². The minimum atomic E-state index is 0.0670. The molecule has 6 nitrogen and oxygen atoms in total. The number of fused-ring (bicyclic) bond motifs is 4. The van der Waals surface area contributed by atoms with Crippen LogP contribution in [0.3, 0.4) is 0 Å². The first-order valence-corrected chi connectivity index (χ1v) is 10.9. The summed E-state index contributed by atoms with van der Waals surface area (Å²) >= 11 is 0. The van der Waals surface area contributed by atoms with E-state index in [1.54, 1.807) is 24.5 Å². The van der Waals surface area contributed by atoms with Crippen molar-refractivity contribution in [3.8, 4) is 0 Å². The predicted molar refractivity (Wildman–Crippen MR) is 108 cm³/mol. The lowest BCUT2D eigenvalue weighted by atomic mass is 9.95. The van der Waals surface area contributed by atoms with Crippen molar-refractivity contribution in [3.63, 3.8) is 0 Å². The number of hydrogen-bond donors (Lipinski definition) is 0. The molecule has 0 spiro atoms. The summed E-state index contributed by atoms with van der Waals surface area (Å²) in [6, 6.07) is 3.71. The van der Waals surface area contributed by atoms with Crippen molar-refractivity contribution in [1.82, 2.24) is 19.7 Å². The fourth-order valence-electron chi connectivity index (χ4n) is 4.98. The zero-order valence-corrected chi connectivity index (χ0v) is 16.8. The highest BCUT2D eigenvalue weighted by Crippen LogP contribution is 2.29. The van der Waals surface area contributed by atoms with Crippen LogP contribution in [0.1, 0.15) is 55.3 Å². The van der Waals surface area contributed by atoms with E-state index in [9.17, 15) is 9.59 Å². The number of carbonyl (C=O) groups is 2.